The van der Waals surface area contributed by atoms with Crippen LogP contribution in [0.1, 0.15) is 33.3 Å². The van der Waals surface area contributed by atoms with Gasteiger partial charge in [0.25, 0.3) is 0 Å². The normalized spacial score (nSPS) is 11.2. The molecule has 2 rings (SSSR count). The van der Waals surface area contributed by atoms with E-state index >= 15 is 0 Å². The Balaban J connectivity index is 0.00000544. The van der Waals surface area contributed by atoms with Gasteiger partial charge in [-0.1, -0.05) is 14.9 Å². The predicted octanol–water partition coefficient (Wildman–Crippen LogP) is 7.35. The number of aryl methyl sites for hydroxylation is 1. The van der Waals surface area contributed by atoms with E-state index in [1.807, 2.05) is 13.0 Å². The van der Waals surface area contributed by atoms with Crippen molar-refractivity contribution in [2.75, 3.05) is 20.3 Å². The monoisotopic (exact) mass is 510 g/mol. The molecule has 0 unspecified atom stereocenters. The van der Waals surface area contributed by atoms with Crippen LogP contribution < -0.4 is 14.2 Å². The fourth-order valence-corrected chi connectivity index (χ4v) is 12.5. The van der Waals surface area contributed by atoms with Crippen molar-refractivity contribution in [2.24, 2.45) is 0 Å². The first-order chi connectivity index (χ1) is 15.0. The molecule has 0 radical (unpaired) electrons. The molecule has 0 heterocycles. The van der Waals surface area contributed by atoms with E-state index in [0.717, 1.165) is 36.2 Å². The minimum atomic E-state index is -1.79. The maximum absolute atomic E-state index is 9.67. The van der Waals surface area contributed by atoms with Gasteiger partial charge in [0.1, 0.15) is 17.2 Å². The molecule has 0 aliphatic carbocycles. The van der Waals surface area contributed by atoms with Crippen LogP contribution in [0.2, 0.25) is 38.3 Å². The van der Waals surface area contributed by atoms with E-state index in [-0.39, 0.29) is 20.6 Å². The average Bonchev–Trinajstić information content (AvgIpc) is 2.71. The summed E-state index contributed by atoms with van der Waals surface area (Å²) in [7, 11) is -2.05. The summed E-state index contributed by atoms with van der Waals surface area (Å²) in [5.41, 5.74) is 0.821. The third kappa shape index (κ3) is 10.8. The molecule has 0 saturated heterocycles. The van der Waals surface area contributed by atoms with Crippen LogP contribution in [0.5, 0.6) is 28.7 Å². The molecule has 0 amide bonds. The van der Waals surface area contributed by atoms with Crippen LogP contribution in [0.4, 0.5) is 0 Å². The third-order valence-electron chi connectivity index (χ3n) is 5.26. The molecule has 2 aromatic carbocycles. The van der Waals surface area contributed by atoms with Crippen LogP contribution in [0, 0.1) is 6.92 Å². The van der Waals surface area contributed by atoms with Crippen molar-refractivity contribution in [2.45, 2.75) is 72.9 Å². The Hall–Kier alpha value is -2.17. The number of rotatable bonds is 13. The highest BCUT2D eigenvalue weighted by Crippen LogP contribution is 2.30. The Morgan fingerprint density at radius 3 is 1.68 bits per heavy atom. The van der Waals surface area contributed by atoms with Gasteiger partial charge in [0.2, 0.25) is 0 Å². The molecule has 2 aromatic rings. The van der Waals surface area contributed by atoms with Crippen molar-refractivity contribution in [3.8, 4) is 28.7 Å². The molecule has 0 aliphatic rings. The molecule has 0 spiro atoms. The van der Waals surface area contributed by atoms with Crippen molar-refractivity contribution in [3.05, 3.63) is 42.0 Å². The van der Waals surface area contributed by atoms with E-state index < -0.39 is 16.6 Å². The minimum Gasteiger partial charge on any atom is -0.508 e. The highest BCUT2D eigenvalue weighted by atomic mass is 28.4. The summed E-state index contributed by atoms with van der Waals surface area (Å²) in [5.74, 6) is 2.30. The van der Waals surface area contributed by atoms with E-state index in [0.29, 0.717) is 30.5 Å². The van der Waals surface area contributed by atoms with Crippen LogP contribution in [0.25, 0.3) is 0 Å². The van der Waals surface area contributed by atoms with Crippen LogP contribution >= 0.6 is 0 Å². The lowest BCUT2D eigenvalue weighted by atomic mass is 10.2. The molecule has 8 heteroatoms. The highest BCUT2D eigenvalue weighted by Gasteiger charge is 2.32. The highest BCUT2D eigenvalue weighted by molar-refractivity contribution is 6.84. The number of ether oxygens (including phenoxy) is 3. The van der Waals surface area contributed by atoms with Crippen LogP contribution in [-0.4, -0.2) is 47.2 Å². The lowest BCUT2D eigenvalue weighted by molar-refractivity contribution is 0.308. The number of phenolic OH excluding ortho intramolecular Hbond substituents is 2. The summed E-state index contributed by atoms with van der Waals surface area (Å²) in [5, 5.41) is 19.3. The van der Waals surface area contributed by atoms with Gasteiger partial charge >= 0.3 is 0 Å². The Labute approximate surface area is 209 Å². The quantitative estimate of drug-likeness (QED) is 0.217. The van der Waals surface area contributed by atoms with Gasteiger partial charge in [-0.25, -0.2) is 0 Å². The number of methoxy groups -OCH3 is 1. The van der Waals surface area contributed by atoms with Crippen molar-refractivity contribution in [1.29, 1.82) is 0 Å². The Kier molecular flexibility index (Phi) is 13.4. The smallest absolute Gasteiger partial charge is 0.173 e. The number of benzene rings is 2. The first-order valence-corrected chi connectivity index (χ1v) is 17.4. The van der Waals surface area contributed by atoms with Gasteiger partial charge < -0.3 is 28.5 Å². The summed E-state index contributed by atoms with van der Waals surface area (Å²) in [6.07, 6.45) is 1.88. The van der Waals surface area contributed by atoms with Gasteiger partial charge in [-0.15, -0.1) is 0 Å². The molecule has 0 aromatic heterocycles. The summed E-state index contributed by atoms with van der Waals surface area (Å²) >= 11 is 0. The zero-order valence-corrected chi connectivity index (χ0v) is 22.2. The van der Waals surface area contributed by atoms with Crippen LogP contribution in [-0.2, 0) is 4.12 Å². The maximum Gasteiger partial charge on any atom is 0.173 e. The molecule has 2 N–H and O–H groups in total. The van der Waals surface area contributed by atoms with Gasteiger partial charge in [0, 0.05) is 6.07 Å². The van der Waals surface area contributed by atoms with E-state index in [4.69, 9.17) is 18.3 Å². The molecular formula is C26H46O6Si2. The zero-order valence-electron chi connectivity index (χ0n) is 20.2. The molecule has 34 heavy (non-hydrogen) atoms. The molecule has 0 aliphatic heterocycles. The topological polar surface area (TPSA) is 77.4 Å². The van der Waals surface area contributed by atoms with Crippen LogP contribution in [0.15, 0.2) is 36.4 Å². The first kappa shape index (κ1) is 31.8. The Morgan fingerprint density at radius 2 is 1.21 bits per heavy atom. The van der Waals surface area contributed by atoms with Crippen LogP contribution in [0.3, 0.4) is 0 Å². The van der Waals surface area contributed by atoms with Crippen molar-refractivity contribution < 1.29 is 28.5 Å². The largest absolute Gasteiger partial charge is 0.508 e. The third-order valence-corrected chi connectivity index (χ3v) is 12.8. The second-order valence-electron chi connectivity index (χ2n) is 9.31. The van der Waals surface area contributed by atoms with Gasteiger partial charge in [0.05, 0.1) is 20.3 Å². The van der Waals surface area contributed by atoms with E-state index in [9.17, 15) is 10.2 Å². The fourth-order valence-electron chi connectivity index (χ4n) is 3.69. The van der Waals surface area contributed by atoms with Gasteiger partial charge in [0.15, 0.2) is 28.1 Å². The Bertz CT molecular complexity index is 870. The second-order valence-corrected chi connectivity index (χ2v) is 18.2. The predicted molar refractivity (Wildman–Crippen MR) is 147 cm³/mol. The van der Waals surface area contributed by atoms with Crippen molar-refractivity contribution >= 4 is 16.6 Å². The van der Waals surface area contributed by atoms with E-state index in [1.54, 1.807) is 30.3 Å². The molecule has 6 nitrogen and oxygen atoms in total. The molecule has 0 bridgehead atoms. The zero-order chi connectivity index (χ0) is 23.8. The molecule has 194 valence electrons. The lowest BCUT2D eigenvalue weighted by Crippen LogP contribution is -2.44. The second kappa shape index (κ2) is 14.3. The number of aromatic hydroxyl groups is 2. The number of hydrogen-bond acceptors (Lipinski definition) is 6. The summed E-state index contributed by atoms with van der Waals surface area (Å²) in [6.45, 7) is 12.2. The number of phenols is 2. The SMILES string of the molecule is C.C.COc1cc(OCCC[Si](C)(C)O[Si](C)(C)CCCOc2ccc(O)c(C)c2)ccc1O. The fraction of sp³-hybridized carbons (Fsp3) is 0.538. The van der Waals surface area contributed by atoms with Crippen molar-refractivity contribution in [3.63, 3.8) is 0 Å². The standard InChI is InChI=1S/C24H38O6Si2.2CH4/c1-19-17-20(9-11-22(19)25)28-13-7-15-31(3,4)30-32(5,6)16-8-14-29-21-10-12-23(26)24(18-21)27-2;;/h9-12,17-18,25-26H,7-8,13-16H2,1-6H3;2*1H4. The first-order valence-electron chi connectivity index (χ1n) is 11.1. The summed E-state index contributed by atoms with van der Waals surface area (Å²) in [6, 6.07) is 12.4. The molecular weight excluding hydrogens is 464 g/mol. The molecule has 0 atom stereocenters. The maximum atomic E-state index is 9.67. The van der Waals surface area contributed by atoms with Gasteiger partial charge in [-0.3, -0.25) is 0 Å². The van der Waals surface area contributed by atoms with Gasteiger partial charge in [-0.05, 0) is 93.9 Å². The molecule has 0 saturated carbocycles. The van der Waals surface area contributed by atoms with E-state index in [1.165, 1.54) is 7.11 Å². The average molecular weight is 511 g/mol. The Morgan fingerprint density at radius 1 is 0.735 bits per heavy atom. The molecule has 0 fully saturated rings. The van der Waals surface area contributed by atoms with E-state index in [2.05, 4.69) is 26.2 Å². The minimum absolute atomic E-state index is 0. The number of hydrogen-bond donors (Lipinski definition) is 2. The summed E-state index contributed by atoms with van der Waals surface area (Å²) in [4.78, 5) is 0. The lowest BCUT2D eigenvalue weighted by Gasteiger charge is -2.34. The van der Waals surface area contributed by atoms with Gasteiger partial charge in [-0.2, -0.15) is 0 Å². The summed E-state index contributed by atoms with van der Waals surface area (Å²) < 4.78 is 23.5. The van der Waals surface area contributed by atoms with Crippen molar-refractivity contribution in [1.82, 2.24) is 0 Å².